The number of benzene rings is 2. The van der Waals surface area contributed by atoms with Crippen molar-refractivity contribution in [3.8, 4) is 0 Å². The van der Waals surface area contributed by atoms with Crippen molar-refractivity contribution in [2.75, 3.05) is 26.7 Å². The first-order chi connectivity index (χ1) is 14.1. The van der Waals surface area contributed by atoms with E-state index in [1.54, 1.807) is 12.1 Å². The van der Waals surface area contributed by atoms with Gasteiger partial charge >= 0.3 is 6.09 Å². The molecule has 3 aliphatic rings. The third kappa shape index (κ3) is 3.42. The van der Waals surface area contributed by atoms with Crippen molar-refractivity contribution in [3.63, 3.8) is 0 Å². The summed E-state index contributed by atoms with van der Waals surface area (Å²) < 4.78 is 19.6. The second kappa shape index (κ2) is 7.45. The van der Waals surface area contributed by atoms with Gasteiger partial charge in [-0.25, -0.2) is 9.18 Å². The van der Waals surface area contributed by atoms with E-state index in [-0.39, 0.29) is 24.1 Å². The van der Waals surface area contributed by atoms with E-state index in [4.69, 9.17) is 4.74 Å². The Morgan fingerprint density at radius 2 is 1.86 bits per heavy atom. The minimum absolute atomic E-state index is 0.00323. The number of hydrogen-bond acceptors (Lipinski definition) is 3. The number of nitrogens with zero attached hydrogens (tertiary/aromatic N) is 2. The number of ether oxygens (including phenoxy) is 1. The van der Waals surface area contributed by atoms with Crippen LogP contribution in [-0.4, -0.2) is 48.7 Å². The minimum Gasteiger partial charge on any atom is -0.446 e. The van der Waals surface area contributed by atoms with Crippen LogP contribution in [0.25, 0.3) is 0 Å². The molecule has 0 unspecified atom stereocenters. The van der Waals surface area contributed by atoms with E-state index in [1.165, 1.54) is 17.7 Å². The molecule has 1 aliphatic carbocycles. The summed E-state index contributed by atoms with van der Waals surface area (Å²) in [7, 11) is 2.14. The first-order valence-corrected chi connectivity index (χ1v) is 10.6. The normalized spacial score (nSPS) is 28.8. The van der Waals surface area contributed by atoms with Crippen LogP contribution in [0.1, 0.15) is 35.6 Å². The largest absolute Gasteiger partial charge is 0.446 e. The van der Waals surface area contributed by atoms with E-state index in [1.807, 2.05) is 17.0 Å². The first kappa shape index (κ1) is 18.6. The van der Waals surface area contributed by atoms with Crippen molar-refractivity contribution < 1.29 is 13.9 Å². The Bertz CT molecular complexity index is 900. The third-order valence-electron chi connectivity index (χ3n) is 6.93. The number of halogens is 1. The van der Waals surface area contributed by atoms with E-state index in [0.717, 1.165) is 43.5 Å². The van der Waals surface area contributed by atoms with Crippen molar-refractivity contribution in [2.45, 2.75) is 31.4 Å². The average Bonchev–Trinajstić information content (AvgIpc) is 3.27. The van der Waals surface area contributed by atoms with Gasteiger partial charge < -0.3 is 9.64 Å². The van der Waals surface area contributed by atoms with Crippen molar-refractivity contribution in [1.29, 1.82) is 0 Å². The Balaban J connectivity index is 1.42. The number of amides is 1. The Labute approximate surface area is 171 Å². The fourth-order valence-electron chi connectivity index (χ4n) is 5.55. The van der Waals surface area contributed by atoms with Crippen LogP contribution in [0.4, 0.5) is 9.18 Å². The molecule has 29 heavy (non-hydrogen) atoms. The van der Waals surface area contributed by atoms with Crippen LogP contribution in [-0.2, 0) is 11.2 Å². The first-order valence-electron chi connectivity index (χ1n) is 10.6. The molecule has 1 saturated carbocycles. The molecule has 2 aliphatic heterocycles. The quantitative estimate of drug-likeness (QED) is 0.763. The van der Waals surface area contributed by atoms with Gasteiger partial charge in [0, 0.05) is 25.6 Å². The van der Waals surface area contributed by atoms with E-state index in [9.17, 15) is 9.18 Å². The highest BCUT2D eigenvalue weighted by atomic mass is 19.1. The summed E-state index contributed by atoms with van der Waals surface area (Å²) >= 11 is 0. The Morgan fingerprint density at radius 3 is 2.69 bits per heavy atom. The zero-order valence-corrected chi connectivity index (χ0v) is 16.8. The molecule has 5 rings (SSSR count). The highest BCUT2D eigenvalue weighted by Crippen LogP contribution is 2.41. The van der Waals surface area contributed by atoms with Gasteiger partial charge in [-0.05, 0) is 61.1 Å². The van der Waals surface area contributed by atoms with Crippen molar-refractivity contribution in [1.82, 2.24) is 9.80 Å². The average molecular weight is 394 g/mol. The molecule has 0 bridgehead atoms. The number of hydrogen-bond donors (Lipinski definition) is 0. The third-order valence-corrected chi connectivity index (χ3v) is 6.93. The molecule has 5 heteroatoms. The molecule has 0 N–H and O–H groups in total. The standard InChI is InChI=1S/C24H27FN2O2/c1-26-14-18-8-11-22(21(18)15-26)29-24(28)27-13-12-16-4-2-3-5-20(16)23(27)17-6-9-19(25)10-7-17/h2-7,9-10,18,21-23H,8,11-15H2,1H3/t18-,21+,22-,23+/m1/s1. The maximum atomic E-state index is 13.5. The molecule has 1 amide bonds. The Kier molecular flexibility index (Phi) is 4.78. The smallest absolute Gasteiger partial charge is 0.410 e. The van der Waals surface area contributed by atoms with E-state index in [2.05, 4.69) is 24.1 Å². The van der Waals surface area contributed by atoms with Gasteiger partial charge in [0.2, 0.25) is 0 Å². The summed E-state index contributed by atoms with van der Waals surface area (Å²) in [5, 5.41) is 0. The van der Waals surface area contributed by atoms with Crippen molar-refractivity contribution >= 4 is 6.09 Å². The number of carbonyl (C=O) groups is 1. The molecule has 152 valence electrons. The molecule has 2 heterocycles. The molecule has 1 saturated heterocycles. The van der Waals surface area contributed by atoms with Crippen LogP contribution in [0.3, 0.4) is 0 Å². The number of fused-ring (bicyclic) bond motifs is 2. The van der Waals surface area contributed by atoms with Crippen LogP contribution in [0.2, 0.25) is 0 Å². The summed E-state index contributed by atoms with van der Waals surface area (Å²) in [6, 6.07) is 14.5. The number of likely N-dealkylation sites (tertiary alicyclic amines) is 1. The monoisotopic (exact) mass is 394 g/mol. The van der Waals surface area contributed by atoms with Gasteiger partial charge in [0.25, 0.3) is 0 Å². The van der Waals surface area contributed by atoms with Gasteiger partial charge in [-0.15, -0.1) is 0 Å². The topological polar surface area (TPSA) is 32.8 Å². The molecule has 2 aromatic rings. The summed E-state index contributed by atoms with van der Waals surface area (Å²) in [4.78, 5) is 17.5. The second-order valence-electron chi connectivity index (χ2n) is 8.74. The van der Waals surface area contributed by atoms with Crippen molar-refractivity contribution in [3.05, 3.63) is 71.0 Å². The zero-order valence-electron chi connectivity index (χ0n) is 16.8. The van der Waals surface area contributed by atoms with E-state index >= 15 is 0 Å². The summed E-state index contributed by atoms with van der Waals surface area (Å²) in [5.41, 5.74) is 3.26. The molecule has 2 fully saturated rings. The summed E-state index contributed by atoms with van der Waals surface area (Å²) in [5.74, 6) is 0.826. The maximum Gasteiger partial charge on any atom is 0.410 e. The SMILES string of the molecule is CN1C[C@H]2CC[C@@H](OC(=O)N3CCc4ccccc4[C@@H]3c3ccc(F)cc3)[C@H]2C1. The molecule has 0 aromatic heterocycles. The minimum atomic E-state index is -0.269. The Hall–Kier alpha value is -2.40. The predicted octanol–water partition coefficient (Wildman–Crippen LogP) is 4.25. The lowest BCUT2D eigenvalue weighted by atomic mass is 9.88. The van der Waals surface area contributed by atoms with Crippen LogP contribution >= 0.6 is 0 Å². The summed E-state index contributed by atoms with van der Waals surface area (Å²) in [6.07, 6.45) is 2.66. The van der Waals surface area contributed by atoms with Gasteiger partial charge in [0.05, 0.1) is 6.04 Å². The lowest BCUT2D eigenvalue weighted by Gasteiger charge is -2.38. The lowest BCUT2D eigenvalue weighted by molar-refractivity contribution is 0.0357. The highest BCUT2D eigenvalue weighted by molar-refractivity contribution is 5.70. The van der Waals surface area contributed by atoms with Crippen LogP contribution < -0.4 is 0 Å². The van der Waals surface area contributed by atoms with Gasteiger partial charge in [-0.3, -0.25) is 4.90 Å². The van der Waals surface area contributed by atoms with Gasteiger partial charge in [-0.2, -0.15) is 0 Å². The summed E-state index contributed by atoms with van der Waals surface area (Å²) in [6.45, 7) is 2.72. The van der Waals surface area contributed by atoms with Crippen molar-refractivity contribution in [2.24, 2.45) is 11.8 Å². The maximum absolute atomic E-state index is 13.5. The molecule has 0 spiro atoms. The van der Waals surface area contributed by atoms with Crippen LogP contribution in [0, 0.1) is 17.7 Å². The van der Waals surface area contributed by atoms with Gasteiger partial charge in [0.15, 0.2) is 0 Å². The van der Waals surface area contributed by atoms with Crippen LogP contribution in [0.15, 0.2) is 48.5 Å². The van der Waals surface area contributed by atoms with Crippen LogP contribution in [0.5, 0.6) is 0 Å². The molecule has 2 aromatic carbocycles. The second-order valence-corrected chi connectivity index (χ2v) is 8.74. The molecule has 0 radical (unpaired) electrons. The molecular weight excluding hydrogens is 367 g/mol. The van der Waals surface area contributed by atoms with Gasteiger partial charge in [-0.1, -0.05) is 36.4 Å². The molecule has 4 atom stereocenters. The predicted molar refractivity (Wildman–Crippen MR) is 109 cm³/mol. The fraction of sp³-hybridized carbons (Fsp3) is 0.458. The zero-order chi connectivity index (χ0) is 20.0. The molecule has 4 nitrogen and oxygen atoms in total. The lowest BCUT2D eigenvalue weighted by Crippen LogP contribution is -2.43. The van der Waals surface area contributed by atoms with E-state index < -0.39 is 0 Å². The van der Waals surface area contributed by atoms with E-state index in [0.29, 0.717) is 18.4 Å². The Morgan fingerprint density at radius 1 is 1.07 bits per heavy atom. The molecular formula is C24H27FN2O2. The fourth-order valence-corrected chi connectivity index (χ4v) is 5.55. The number of rotatable bonds is 2. The highest BCUT2D eigenvalue weighted by Gasteiger charge is 2.44. The van der Waals surface area contributed by atoms with Gasteiger partial charge in [0.1, 0.15) is 11.9 Å². The number of carbonyl (C=O) groups excluding carboxylic acids is 1.